The predicted octanol–water partition coefficient (Wildman–Crippen LogP) is 5.80. The third kappa shape index (κ3) is 5.26. The van der Waals surface area contributed by atoms with E-state index in [0.29, 0.717) is 0 Å². The molecule has 1 N–H and O–H groups in total. The second-order valence-electron chi connectivity index (χ2n) is 5.30. The number of hydrogen-bond donors (Lipinski definition) is 1. The minimum Gasteiger partial charge on any atom is -0.321 e. The summed E-state index contributed by atoms with van der Waals surface area (Å²) in [6.07, 6.45) is 15.0. The standard InChI is InChI=1S/C21H26N2/c1-6-8-9-12-21-18(4)16-17(3)11-10-15-23(19(21)5)20(7-2)13-14-22/h6-16,22H,2H2,1,3-5H3/b8-6-,12-9-,15-10?,17-11?,18-16?,20-13+,21-19?,22-14?. The summed E-state index contributed by atoms with van der Waals surface area (Å²) in [5, 5.41) is 7.36. The predicted molar refractivity (Wildman–Crippen MR) is 103 cm³/mol. The van der Waals surface area contributed by atoms with Gasteiger partial charge in [0.2, 0.25) is 0 Å². The highest BCUT2D eigenvalue weighted by molar-refractivity contribution is 5.80. The molecular weight excluding hydrogens is 280 g/mol. The number of allylic oxidation sites excluding steroid dienone is 6. The van der Waals surface area contributed by atoms with Gasteiger partial charge in [-0.15, -0.1) is 0 Å². The van der Waals surface area contributed by atoms with Crippen molar-refractivity contribution in [3.8, 4) is 0 Å². The molecule has 120 valence electrons. The van der Waals surface area contributed by atoms with Gasteiger partial charge in [-0.2, -0.15) is 0 Å². The average molecular weight is 306 g/mol. The van der Waals surface area contributed by atoms with E-state index in [2.05, 4.69) is 50.1 Å². The van der Waals surface area contributed by atoms with E-state index in [1.54, 1.807) is 12.2 Å². The zero-order valence-electron chi connectivity index (χ0n) is 14.5. The Bertz CT molecular complexity index is 712. The molecule has 0 bridgehead atoms. The lowest BCUT2D eigenvalue weighted by Crippen LogP contribution is -2.01. The van der Waals surface area contributed by atoms with Crippen LogP contribution in [0, 0.1) is 26.2 Å². The van der Waals surface area contributed by atoms with E-state index in [-0.39, 0.29) is 0 Å². The summed E-state index contributed by atoms with van der Waals surface area (Å²) in [6, 6.07) is 6.27. The van der Waals surface area contributed by atoms with Crippen LogP contribution in [0.4, 0.5) is 0 Å². The van der Waals surface area contributed by atoms with Crippen LogP contribution in [0.1, 0.15) is 29.3 Å². The summed E-state index contributed by atoms with van der Waals surface area (Å²) in [5.41, 5.74) is 5.50. The zero-order chi connectivity index (χ0) is 17.2. The van der Waals surface area contributed by atoms with E-state index in [9.17, 15) is 0 Å². The molecule has 0 aromatic carbocycles. The van der Waals surface area contributed by atoms with E-state index in [1.165, 1.54) is 17.3 Å². The van der Waals surface area contributed by atoms with Gasteiger partial charge in [0.05, 0.1) is 0 Å². The summed E-state index contributed by atoms with van der Waals surface area (Å²) < 4.78 is 2.06. The Morgan fingerprint density at radius 2 is 1.96 bits per heavy atom. The maximum absolute atomic E-state index is 7.36. The number of aromatic nitrogens is 1. The number of rotatable bonds is 5. The molecule has 2 heteroatoms. The number of hydrogen-bond acceptors (Lipinski definition) is 1. The molecule has 0 aliphatic rings. The van der Waals surface area contributed by atoms with Crippen molar-refractivity contribution in [3.63, 3.8) is 0 Å². The lowest BCUT2D eigenvalue weighted by molar-refractivity contribution is 1.02. The summed E-state index contributed by atoms with van der Waals surface area (Å²) >= 11 is 0. The molecule has 23 heavy (non-hydrogen) atoms. The van der Waals surface area contributed by atoms with Crippen LogP contribution in [0.15, 0.2) is 61.4 Å². The van der Waals surface area contributed by atoms with Crippen molar-refractivity contribution in [2.75, 3.05) is 0 Å². The van der Waals surface area contributed by atoms with E-state index >= 15 is 0 Å². The molecule has 0 spiro atoms. The minimum atomic E-state index is 0.867. The SMILES string of the molecule is C=C/C(=C\C=N)n1cccc(C)cc(C)c(/C=C\C=C/C)c1C. The van der Waals surface area contributed by atoms with Crippen LogP contribution in [0.2, 0.25) is 0 Å². The molecule has 0 unspecified atom stereocenters. The quantitative estimate of drug-likeness (QED) is 0.526. The van der Waals surface area contributed by atoms with Gasteiger partial charge in [-0.25, -0.2) is 0 Å². The molecule has 0 aliphatic heterocycles. The number of nitrogens with one attached hydrogen (secondary N) is 1. The zero-order valence-corrected chi connectivity index (χ0v) is 14.5. The molecule has 0 radical (unpaired) electrons. The lowest BCUT2D eigenvalue weighted by atomic mass is 10.1. The summed E-state index contributed by atoms with van der Waals surface area (Å²) in [4.78, 5) is 0. The minimum absolute atomic E-state index is 0.867. The Balaban J connectivity index is 3.85. The first-order chi connectivity index (χ1) is 11.0. The third-order valence-electron chi connectivity index (χ3n) is 3.52. The Kier molecular flexibility index (Phi) is 7.55. The average Bonchev–Trinajstić information content (AvgIpc) is 2.57. The molecule has 1 rings (SSSR count). The number of nitrogens with zero attached hydrogens (tertiary/aromatic N) is 1. The van der Waals surface area contributed by atoms with Gasteiger partial charge in [-0.05, 0) is 57.0 Å². The van der Waals surface area contributed by atoms with Crippen molar-refractivity contribution in [2.24, 2.45) is 0 Å². The maximum Gasteiger partial charge on any atom is 0.0461 e. The molecule has 0 fully saturated rings. The van der Waals surface area contributed by atoms with Gasteiger partial charge in [-0.1, -0.05) is 48.6 Å². The fourth-order valence-corrected chi connectivity index (χ4v) is 2.40. The monoisotopic (exact) mass is 306 g/mol. The second-order valence-corrected chi connectivity index (χ2v) is 5.30. The molecule has 0 amide bonds. The van der Waals surface area contributed by atoms with Crippen LogP contribution >= 0.6 is 0 Å². The molecule has 1 heterocycles. The van der Waals surface area contributed by atoms with E-state index < -0.39 is 0 Å². The van der Waals surface area contributed by atoms with Crippen molar-refractivity contribution < 1.29 is 0 Å². The Labute approximate surface area is 140 Å². The van der Waals surface area contributed by atoms with Crippen molar-refractivity contribution in [2.45, 2.75) is 27.7 Å². The number of aryl methyl sites for hydroxylation is 2. The Hall–Kier alpha value is -2.61. The fourth-order valence-electron chi connectivity index (χ4n) is 2.40. The van der Waals surface area contributed by atoms with Gasteiger partial charge in [-0.3, -0.25) is 0 Å². The van der Waals surface area contributed by atoms with Crippen LogP contribution in [-0.4, -0.2) is 10.8 Å². The molecule has 0 aliphatic carbocycles. The maximum atomic E-state index is 7.36. The second kappa shape index (κ2) is 9.42. The Morgan fingerprint density at radius 1 is 1.22 bits per heavy atom. The summed E-state index contributed by atoms with van der Waals surface area (Å²) in [6.45, 7) is 12.2. The van der Waals surface area contributed by atoms with Crippen LogP contribution in [0.5, 0.6) is 0 Å². The molecule has 0 saturated carbocycles. The van der Waals surface area contributed by atoms with Crippen molar-refractivity contribution in [1.29, 1.82) is 5.41 Å². The van der Waals surface area contributed by atoms with E-state index in [4.69, 9.17) is 5.41 Å². The first kappa shape index (κ1) is 18.4. The molecule has 0 saturated heterocycles. The van der Waals surface area contributed by atoms with Gasteiger partial charge in [0.25, 0.3) is 0 Å². The van der Waals surface area contributed by atoms with Gasteiger partial charge in [0, 0.05) is 23.8 Å². The molecular formula is C21H26N2. The van der Waals surface area contributed by atoms with Crippen LogP contribution in [0.25, 0.3) is 11.8 Å². The largest absolute Gasteiger partial charge is 0.321 e. The fraction of sp³-hybridized carbons (Fsp3) is 0.190. The lowest BCUT2D eigenvalue weighted by Gasteiger charge is -2.12. The molecule has 0 atom stereocenters. The van der Waals surface area contributed by atoms with Crippen molar-refractivity contribution in [3.05, 3.63) is 83.7 Å². The molecule has 2 nitrogen and oxygen atoms in total. The van der Waals surface area contributed by atoms with E-state index in [0.717, 1.165) is 17.0 Å². The highest BCUT2D eigenvalue weighted by atomic mass is 15.0. The van der Waals surface area contributed by atoms with Gasteiger partial charge >= 0.3 is 0 Å². The van der Waals surface area contributed by atoms with Crippen molar-refractivity contribution in [1.82, 2.24) is 4.57 Å². The molecule has 1 aromatic heterocycles. The van der Waals surface area contributed by atoms with Crippen molar-refractivity contribution >= 4 is 18.0 Å². The van der Waals surface area contributed by atoms with Crippen LogP contribution in [-0.2, 0) is 0 Å². The smallest absolute Gasteiger partial charge is 0.0461 e. The summed E-state index contributed by atoms with van der Waals surface area (Å²) in [7, 11) is 0. The highest BCUT2D eigenvalue weighted by Crippen LogP contribution is 2.18. The van der Waals surface area contributed by atoms with E-state index in [1.807, 2.05) is 37.4 Å². The van der Waals surface area contributed by atoms with Crippen LogP contribution in [0.3, 0.4) is 0 Å². The Morgan fingerprint density at radius 3 is 2.57 bits per heavy atom. The normalized spacial score (nSPS) is 11.7. The van der Waals surface area contributed by atoms with Crippen LogP contribution < -0.4 is 0 Å². The third-order valence-corrected chi connectivity index (χ3v) is 3.52. The summed E-state index contributed by atoms with van der Waals surface area (Å²) in [5.74, 6) is 0. The van der Waals surface area contributed by atoms with Gasteiger partial charge < -0.3 is 9.98 Å². The first-order valence-corrected chi connectivity index (χ1v) is 7.71. The van der Waals surface area contributed by atoms with Gasteiger partial charge in [0.1, 0.15) is 0 Å². The topological polar surface area (TPSA) is 28.8 Å². The highest BCUT2D eigenvalue weighted by Gasteiger charge is 2.03. The van der Waals surface area contributed by atoms with Gasteiger partial charge in [0.15, 0.2) is 0 Å². The molecule has 1 aromatic rings. The first-order valence-electron chi connectivity index (χ1n) is 7.71.